The molecular formula is C68H132Br2N2O6. The quantitative estimate of drug-likeness (QED) is 0.0357. The summed E-state index contributed by atoms with van der Waals surface area (Å²) in [6, 6.07) is 0. The number of halogens is 2. The van der Waals surface area contributed by atoms with Crippen LogP contribution in [0.2, 0.25) is 0 Å². The second-order valence-electron chi connectivity index (χ2n) is 23.5. The largest absolute Gasteiger partial charge is 0.465 e. The maximum Gasteiger partial charge on any atom is 0.305 e. The Morgan fingerprint density at radius 2 is 0.526 bits per heavy atom. The number of hydrogen-bond acceptors (Lipinski definition) is 6. The number of alkyl halides is 2. The standard InChI is InChI=1S/2C34H66BrNO3/c2*1-3-5-7-9-14-20-26-32(25-19-8-6-4-2)31-39-34(38)28-22-16-13-18-24-30-36-33(37)27-21-15-11-10-12-17-23-29-35/h2*32H,3-31H2,1-2H3,(H,36,37). The number of carbonyl (C=O) groups is 4. The molecule has 464 valence electrons. The average molecular weight is 1230 g/mol. The molecule has 0 aliphatic heterocycles. The number of ether oxygens (including phenoxy) is 2. The predicted octanol–water partition coefficient (Wildman–Crippen LogP) is 21.7. The third-order valence-corrected chi connectivity index (χ3v) is 16.8. The van der Waals surface area contributed by atoms with E-state index in [2.05, 4.69) is 70.2 Å². The van der Waals surface area contributed by atoms with Crippen molar-refractivity contribution in [2.45, 2.75) is 362 Å². The summed E-state index contributed by atoms with van der Waals surface area (Å²) in [5.74, 6) is 1.47. The lowest BCUT2D eigenvalue weighted by Crippen LogP contribution is -2.23. The average Bonchev–Trinajstić information content (AvgIpc) is 3.44. The molecule has 8 nitrogen and oxygen atoms in total. The number of unbranched alkanes of at least 4 members (excludes halogenated alkanes) is 36. The van der Waals surface area contributed by atoms with Gasteiger partial charge in [-0.05, 0) is 88.9 Å². The van der Waals surface area contributed by atoms with Gasteiger partial charge in [-0.2, -0.15) is 0 Å². The van der Waals surface area contributed by atoms with Crippen molar-refractivity contribution in [3.05, 3.63) is 0 Å². The lowest BCUT2D eigenvalue weighted by Gasteiger charge is -2.17. The molecule has 2 N–H and O–H groups in total. The number of hydrogen-bond donors (Lipinski definition) is 2. The van der Waals surface area contributed by atoms with Gasteiger partial charge >= 0.3 is 11.9 Å². The Labute approximate surface area is 502 Å². The molecule has 0 spiro atoms. The van der Waals surface area contributed by atoms with E-state index in [9.17, 15) is 19.2 Å². The highest BCUT2D eigenvalue weighted by molar-refractivity contribution is 9.09. The molecule has 0 aromatic carbocycles. The Morgan fingerprint density at radius 1 is 0.295 bits per heavy atom. The van der Waals surface area contributed by atoms with E-state index in [0.29, 0.717) is 50.7 Å². The van der Waals surface area contributed by atoms with Crippen LogP contribution >= 0.6 is 31.9 Å². The molecule has 78 heavy (non-hydrogen) atoms. The van der Waals surface area contributed by atoms with Crippen LogP contribution in [0.3, 0.4) is 0 Å². The van der Waals surface area contributed by atoms with Gasteiger partial charge in [0.05, 0.1) is 13.2 Å². The van der Waals surface area contributed by atoms with E-state index in [0.717, 1.165) is 101 Å². The van der Waals surface area contributed by atoms with Crippen molar-refractivity contribution in [3.63, 3.8) is 0 Å². The molecule has 2 amide bonds. The van der Waals surface area contributed by atoms with Gasteiger partial charge in [-0.1, -0.05) is 291 Å². The van der Waals surface area contributed by atoms with Crippen LogP contribution in [0.15, 0.2) is 0 Å². The van der Waals surface area contributed by atoms with E-state index >= 15 is 0 Å². The maximum atomic E-state index is 12.3. The van der Waals surface area contributed by atoms with Crippen LogP contribution in [0.5, 0.6) is 0 Å². The molecule has 10 heteroatoms. The van der Waals surface area contributed by atoms with Gasteiger partial charge in [0.25, 0.3) is 0 Å². The molecule has 0 fully saturated rings. The lowest BCUT2D eigenvalue weighted by atomic mass is 9.95. The number of amides is 2. The summed E-state index contributed by atoms with van der Waals surface area (Å²) in [4.78, 5) is 48.5. The highest BCUT2D eigenvalue weighted by Crippen LogP contribution is 2.22. The van der Waals surface area contributed by atoms with Crippen molar-refractivity contribution < 1.29 is 28.7 Å². The number of rotatable bonds is 62. The summed E-state index contributed by atoms with van der Waals surface area (Å²) < 4.78 is 11.4. The van der Waals surface area contributed by atoms with Gasteiger partial charge in [0.15, 0.2) is 0 Å². The summed E-state index contributed by atoms with van der Waals surface area (Å²) in [5, 5.41) is 8.36. The van der Waals surface area contributed by atoms with E-state index in [1.165, 1.54) is 231 Å². The van der Waals surface area contributed by atoms with Crippen molar-refractivity contribution in [3.8, 4) is 0 Å². The van der Waals surface area contributed by atoms with Crippen LogP contribution < -0.4 is 10.6 Å². The van der Waals surface area contributed by atoms with E-state index in [-0.39, 0.29) is 23.8 Å². The first-order chi connectivity index (χ1) is 38.3. The molecule has 0 heterocycles. The van der Waals surface area contributed by atoms with Crippen LogP contribution in [-0.4, -0.2) is 60.7 Å². The molecular weight excluding hydrogens is 1100 g/mol. The van der Waals surface area contributed by atoms with Gasteiger partial charge in [0, 0.05) is 49.4 Å². The van der Waals surface area contributed by atoms with Gasteiger partial charge in [0.2, 0.25) is 11.8 Å². The number of nitrogens with one attached hydrogen (secondary N) is 2. The molecule has 0 bridgehead atoms. The Morgan fingerprint density at radius 3 is 0.821 bits per heavy atom. The molecule has 0 radical (unpaired) electrons. The minimum Gasteiger partial charge on any atom is -0.465 e. The zero-order valence-corrected chi connectivity index (χ0v) is 55.5. The van der Waals surface area contributed by atoms with Gasteiger partial charge < -0.3 is 20.1 Å². The fourth-order valence-electron chi connectivity index (χ4n) is 10.3. The van der Waals surface area contributed by atoms with Crippen LogP contribution in [0.1, 0.15) is 362 Å². The van der Waals surface area contributed by atoms with Crippen molar-refractivity contribution in [1.82, 2.24) is 10.6 Å². The Bertz CT molecular complexity index is 1150. The zero-order valence-electron chi connectivity index (χ0n) is 52.4. The summed E-state index contributed by atoms with van der Waals surface area (Å²) >= 11 is 6.95. The Hall–Kier alpha value is -1.16. The summed E-state index contributed by atoms with van der Waals surface area (Å²) in [7, 11) is 0. The normalized spacial score (nSPS) is 12.0. The smallest absolute Gasteiger partial charge is 0.305 e. The van der Waals surface area contributed by atoms with E-state index in [1.807, 2.05) is 0 Å². The first kappa shape index (κ1) is 78.9. The molecule has 0 aliphatic rings. The van der Waals surface area contributed by atoms with Crippen LogP contribution in [0, 0.1) is 11.8 Å². The fraction of sp³-hybridized carbons (Fsp3) is 0.941. The molecule has 0 aromatic rings. The number of esters is 2. The third kappa shape index (κ3) is 65.6. The summed E-state index contributed by atoms with van der Waals surface area (Å²) in [5.41, 5.74) is 0. The molecule has 2 atom stereocenters. The van der Waals surface area contributed by atoms with Crippen molar-refractivity contribution in [1.29, 1.82) is 0 Å². The fourth-order valence-corrected chi connectivity index (χ4v) is 11.1. The molecule has 0 saturated carbocycles. The van der Waals surface area contributed by atoms with E-state index in [1.54, 1.807) is 0 Å². The van der Waals surface area contributed by atoms with Crippen LogP contribution in [0.25, 0.3) is 0 Å². The predicted molar refractivity (Wildman–Crippen MR) is 345 cm³/mol. The summed E-state index contributed by atoms with van der Waals surface area (Å²) in [6.45, 7) is 11.9. The monoisotopic (exact) mass is 1230 g/mol. The second-order valence-corrected chi connectivity index (χ2v) is 25.1. The van der Waals surface area contributed by atoms with Gasteiger partial charge in [-0.25, -0.2) is 0 Å². The molecule has 0 aliphatic carbocycles. The Balaban J connectivity index is 0. The Kier molecular flexibility index (Phi) is 69.1. The first-order valence-corrected chi connectivity index (χ1v) is 36.5. The van der Waals surface area contributed by atoms with Gasteiger partial charge in [0.1, 0.15) is 0 Å². The van der Waals surface area contributed by atoms with Crippen molar-refractivity contribution in [2.75, 3.05) is 37.0 Å². The highest BCUT2D eigenvalue weighted by atomic mass is 79.9. The minimum atomic E-state index is -0.0114. The molecule has 0 rings (SSSR count). The van der Waals surface area contributed by atoms with E-state index in [4.69, 9.17) is 9.47 Å². The van der Waals surface area contributed by atoms with Gasteiger partial charge in [-0.3, -0.25) is 19.2 Å². The molecule has 2 unspecified atom stereocenters. The van der Waals surface area contributed by atoms with Crippen LogP contribution in [-0.2, 0) is 28.7 Å². The molecule has 0 aromatic heterocycles. The maximum absolute atomic E-state index is 12.3. The van der Waals surface area contributed by atoms with Crippen molar-refractivity contribution >= 4 is 55.6 Å². The first-order valence-electron chi connectivity index (χ1n) is 34.2. The van der Waals surface area contributed by atoms with E-state index < -0.39 is 0 Å². The lowest BCUT2D eigenvalue weighted by molar-refractivity contribution is -0.146. The third-order valence-electron chi connectivity index (χ3n) is 15.7. The highest BCUT2D eigenvalue weighted by Gasteiger charge is 2.14. The topological polar surface area (TPSA) is 111 Å². The van der Waals surface area contributed by atoms with Crippen molar-refractivity contribution in [2.24, 2.45) is 11.8 Å². The van der Waals surface area contributed by atoms with Gasteiger partial charge in [-0.15, -0.1) is 0 Å². The second kappa shape index (κ2) is 68.3. The zero-order chi connectivity index (χ0) is 57.3. The summed E-state index contributed by atoms with van der Waals surface area (Å²) in [6.07, 6.45) is 61.2. The van der Waals surface area contributed by atoms with Crippen LogP contribution in [0.4, 0.5) is 0 Å². The minimum absolute atomic E-state index is 0.0114. The number of carbonyl (C=O) groups excluding carboxylic acids is 4. The SMILES string of the molecule is CCCCCCCCC(CCCCCC)COC(=O)CCCCCCCNC(=O)CCCCCCCCCBr.CCCCCCCCC(CCCCCC)COC(=O)CCCCCCCNC(=O)CCCCCCCCCBr. The molecule has 0 saturated heterocycles.